The van der Waals surface area contributed by atoms with Gasteiger partial charge in [0.25, 0.3) is 0 Å². The number of esters is 2. The Hall–Kier alpha value is -2.64. The molecule has 0 radical (unpaired) electrons. The van der Waals surface area contributed by atoms with Crippen LogP contribution in [0, 0.1) is 6.92 Å². The summed E-state index contributed by atoms with van der Waals surface area (Å²) in [5.74, 6) is -0.382. The Morgan fingerprint density at radius 2 is 1.31 bits per heavy atom. The second-order valence-electron chi connectivity index (χ2n) is 9.83. The summed E-state index contributed by atoms with van der Waals surface area (Å²) < 4.78 is 50.3. The zero-order chi connectivity index (χ0) is 31.2. The molecule has 0 amide bonds. The molecule has 0 fully saturated rings. The second kappa shape index (κ2) is 17.5. The van der Waals surface area contributed by atoms with Gasteiger partial charge in [-0.05, 0) is 71.0 Å². The molecule has 10 nitrogen and oxygen atoms in total. The number of aryl methyl sites for hydroxylation is 2. The highest BCUT2D eigenvalue weighted by Crippen LogP contribution is 2.53. The number of unbranched alkanes of at least 4 members (excludes halogenated alkanes) is 2. The second-order valence-corrected chi connectivity index (χ2v) is 14.7. The summed E-state index contributed by atoms with van der Waals surface area (Å²) in [5, 5.41) is 5.55. The zero-order valence-corrected chi connectivity index (χ0v) is 27.5. The van der Waals surface area contributed by atoms with Crippen LogP contribution in [-0.2, 0) is 34.6 Å². The first-order chi connectivity index (χ1) is 20.0. The molecule has 42 heavy (non-hydrogen) atoms. The number of rotatable bonds is 19. The van der Waals surface area contributed by atoms with Crippen molar-refractivity contribution in [3.05, 3.63) is 47.5 Å². The topological polar surface area (TPSA) is 129 Å². The van der Waals surface area contributed by atoms with Gasteiger partial charge in [-0.25, -0.2) is 10.2 Å². The Morgan fingerprint density at radius 3 is 1.74 bits per heavy atom. The Morgan fingerprint density at radius 1 is 0.786 bits per heavy atom. The molecule has 0 heterocycles. The van der Waals surface area contributed by atoms with Crippen molar-refractivity contribution in [1.82, 2.24) is 10.2 Å². The highest BCUT2D eigenvalue weighted by molar-refractivity contribution is 7.57. The van der Waals surface area contributed by atoms with Crippen LogP contribution in [-0.4, -0.2) is 51.6 Å². The molecular weight excluding hydrogens is 578 g/mol. The van der Waals surface area contributed by atoms with E-state index in [2.05, 4.69) is 17.1 Å². The molecule has 2 atom stereocenters. The molecule has 2 rings (SSSR count). The number of ether oxygens (including phenoxy) is 2. The van der Waals surface area contributed by atoms with Gasteiger partial charge in [-0.3, -0.25) is 18.7 Å². The predicted molar refractivity (Wildman–Crippen MR) is 167 cm³/mol. The predicted octanol–water partition coefficient (Wildman–Crippen LogP) is 6.88. The van der Waals surface area contributed by atoms with Crippen LogP contribution < -0.4 is 19.2 Å². The molecule has 2 aromatic rings. The fourth-order valence-corrected chi connectivity index (χ4v) is 6.95. The Balaban J connectivity index is 2.67. The van der Waals surface area contributed by atoms with Crippen LogP contribution in [0.1, 0.15) is 64.0 Å². The summed E-state index contributed by atoms with van der Waals surface area (Å²) in [6.07, 6.45) is 3.28. The number of carbonyl (C=O) groups is 2. The van der Waals surface area contributed by atoms with Crippen molar-refractivity contribution in [3.8, 4) is 22.6 Å². The summed E-state index contributed by atoms with van der Waals surface area (Å²) in [4.78, 5) is 24.1. The maximum Gasteiger partial charge on any atom is 0.316 e. The maximum absolute atomic E-state index is 13.9. The fraction of sp³-hybridized carbons (Fsp3) is 0.533. The number of hydrogen-bond acceptors (Lipinski definition) is 8. The molecule has 0 aliphatic rings. The summed E-state index contributed by atoms with van der Waals surface area (Å²) in [6, 6.07) is 11.3. The standard InChI is InChI=1S/C30H46N2O8P2/c1-7-10-11-14-24-21-26(39-41(35,31-5)18-16-28(33)37-8-2)30(25-15-12-13-23(4)20-25)27(22-24)40-42(36,32-6)19-17-29(34)38-9-3/h12-13,15,20-22H,7-11,14,16-19H2,1-6H3,(H,31,35)(H,32,36). The molecule has 2 unspecified atom stereocenters. The molecule has 0 aliphatic heterocycles. The average molecular weight is 625 g/mol. The van der Waals surface area contributed by atoms with Crippen molar-refractivity contribution in [3.63, 3.8) is 0 Å². The third-order valence-electron chi connectivity index (χ3n) is 6.51. The van der Waals surface area contributed by atoms with E-state index in [1.165, 1.54) is 14.1 Å². The van der Waals surface area contributed by atoms with E-state index < -0.39 is 27.0 Å². The molecule has 12 heteroatoms. The lowest BCUT2D eigenvalue weighted by atomic mass is 9.98. The molecule has 0 bridgehead atoms. The Kier molecular flexibility index (Phi) is 14.8. The van der Waals surface area contributed by atoms with E-state index >= 15 is 0 Å². The normalized spacial score (nSPS) is 14.0. The summed E-state index contributed by atoms with van der Waals surface area (Å²) in [5.41, 5.74) is 3.00. The molecule has 0 saturated carbocycles. The number of carbonyl (C=O) groups excluding carboxylic acids is 2. The van der Waals surface area contributed by atoms with Crippen molar-refractivity contribution in [2.24, 2.45) is 0 Å². The van der Waals surface area contributed by atoms with Crippen molar-refractivity contribution in [2.45, 2.75) is 66.2 Å². The molecular formula is C30H46N2O8P2. The van der Waals surface area contributed by atoms with Crippen LogP contribution in [0.3, 0.4) is 0 Å². The van der Waals surface area contributed by atoms with Gasteiger partial charge in [0.05, 0.1) is 43.9 Å². The molecule has 0 aromatic heterocycles. The van der Waals surface area contributed by atoms with Crippen LogP contribution in [0.2, 0.25) is 0 Å². The molecule has 0 saturated heterocycles. The van der Waals surface area contributed by atoms with Crippen LogP contribution in [0.5, 0.6) is 11.5 Å². The van der Waals surface area contributed by atoms with E-state index in [0.29, 0.717) is 17.5 Å². The van der Waals surface area contributed by atoms with Gasteiger partial charge in [0, 0.05) is 0 Å². The quantitative estimate of drug-likeness (QED) is 0.0969. The lowest BCUT2D eigenvalue weighted by Gasteiger charge is -2.25. The zero-order valence-electron chi connectivity index (χ0n) is 25.7. The van der Waals surface area contributed by atoms with E-state index in [4.69, 9.17) is 18.5 Å². The first-order valence-electron chi connectivity index (χ1n) is 14.5. The highest BCUT2D eigenvalue weighted by Gasteiger charge is 2.30. The summed E-state index contributed by atoms with van der Waals surface area (Å²) >= 11 is 0. The first kappa shape index (κ1) is 35.6. The molecule has 234 valence electrons. The Bertz CT molecular complexity index is 1220. The van der Waals surface area contributed by atoms with Crippen molar-refractivity contribution < 1.29 is 37.2 Å². The minimum absolute atomic E-state index is 0.0829. The van der Waals surface area contributed by atoms with Crippen molar-refractivity contribution in [1.29, 1.82) is 0 Å². The highest BCUT2D eigenvalue weighted by atomic mass is 31.2. The van der Waals surface area contributed by atoms with Crippen LogP contribution in [0.4, 0.5) is 0 Å². The Labute approximate surface area is 250 Å². The van der Waals surface area contributed by atoms with Crippen LogP contribution >= 0.6 is 15.0 Å². The van der Waals surface area contributed by atoms with E-state index in [0.717, 1.165) is 30.4 Å². The summed E-state index contributed by atoms with van der Waals surface area (Å²) in [6.45, 7) is 7.93. The van der Waals surface area contributed by atoms with Crippen LogP contribution in [0.15, 0.2) is 36.4 Å². The third kappa shape index (κ3) is 11.2. The van der Waals surface area contributed by atoms with Gasteiger partial charge < -0.3 is 18.5 Å². The van der Waals surface area contributed by atoms with E-state index in [1.54, 1.807) is 13.8 Å². The van der Waals surface area contributed by atoms with Gasteiger partial charge in [0.15, 0.2) is 0 Å². The SMILES string of the molecule is CCCCCc1cc(OP(=O)(CCC(=O)OCC)NC)c(-c2cccc(C)c2)c(OP(=O)(CCC(=O)OCC)NC)c1. The maximum atomic E-state index is 13.9. The summed E-state index contributed by atoms with van der Waals surface area (Å²) in [7, 11) is -4.11. The smallest absolute Gasteiger partial charge is 0.316 e. The third-order valence-corrected chi connectivity index (χ3v) is 10.5. The van der Waals surface area contributed by atoms with Gasteiger partial charge >= 0.3 is 27.0 Å². The lowest BCUT2D eigenvalue weighted by molar-refractivity contribution is -0.143. The number of hydrogen-bond donors (Lipinski definition) is 2. The van der Waals surface area contributed by atoms with Gasteiger partial charge in [-0.15, -0.1) is 0 Å². The average Bonchev–Trinajstić information content (AvgIpc) is 2.95. The largest absolute Gasteiger partial charge is 0.466 e. The van der Waals surface area contributed by atoms with Gasteiger partial charge in [0.1, 0.15) is 11.5 Å². The lowest BCUT2D eigenvalue weighted by Crippen LogP contribution is -2.17. The van der Waals surface area contributed by atoms with Gasteiger partial charge in [0.2, 0.25) is 0 Å². The van der Waals surface area contributed by atoms with E-state index in [9.17, 15) is 18.7 Å². The minimum atomic E-state index is -3.57. The fourth-order valence-electron chi connectivity index (χ4n) is 4.26. The molecule has 0 aliphatic carbocycles. The van der Waals surface area contributed by atoms with Gasteiger partial charge in [-0.1, -0.05) is 49.6 Å². The number of nitrogens with one attached hydrogen (secondary N) is 2. The van der Waals surface area contributed by atoms with E-state index in [1.807, 2.05) is 43.3 Å². The van der Waals surface area contributed by atoms with Crippen molar-refractivity contribution >= 4 is 27.0 Å². The first-order valence-corrected chi connectivity index (χ1v) is 18.1. The molecule has 2 N–H and O–H groups in total. The molecule has 2 aromatic carbocycles. The monoisotopic (exact) mass is 624 g/mol. The number of benzene rings is 2. The molecule has 0 spiro atoms. The van der Waals surface area contributed by atoms with E-state index in [-0.39, 0.29) is 49.9 Å². The minimum Gasteiger partial charge on any atom is -0.466 e. The van der Waals surface area contributed by atoms with Gasteiger partial charge in [-0.2, -0.15) is 0 Å². The van der Waals surface area contributed by atoms with Crippen molar-refractivity contribution in [2.75, 3.05) is 39.6 Å². The van der Waals surface area contributed by atoms with Crippen LogP contribution in [0.25, 0.3) is 11.1 Å².